The van der Waals surface area contributed by atoms with E-state index in [-0.39, 0.29) is 38.4 Å². The van der Waals surface area contributed by atoms with Gasteiger partial charge in [0.1, 0.15) is 20.7 Å². The van der Waals surface area contributed by atoms with Gasteiger partial charge in [0.2, 0.25) is 5.91 Å². The first-order chi connectivity index (χ1) is 18.1. The summed E-state index contributed by atoms with van der Waals surface area (Å²) in [7, 11) is -10.1. The summed E-state index contributed by atoms with van der Waals surface area (Å²) in [5, 5.41) is 4.42. The van der Waals surface area contributed by atoms with Gasteiger partial charge >= 0.3 is 10.2 Å². The summed E-state index contributed by atoms with van der Waals surface area (Å²) in [6.07, 6.45) is 0. The van der Waals surface area contributed by atoms with Gasteiger partial charge in [-0.05, 0) is 54.1 Å². The van der Waals surface area contributed by atoms with E-state index in [9.17, 15) is 37.8 Å². The normalized spacial score (nSPS) is 19.8. The monoisotopic (exact) mass is 713 g/mol. The van der Waals surface area contributed by atoms with E-state index in [2.05, 4.69) is 26.6 Å². The van der Waals surface area contributed by atoms with E-state index < -0.39 is 66.1 Å². The number of rotatable bonds is 6. The highest BCUT2D eigenvalue weighted by Gasteiger charge is 2.69. The second kappa shape index (κ2) is 9.31. The van der Waals surface area contributed by atoms with Gasteiger partial charge < -0.3 is 16.4 Å². The molecule has 5 nitrogen and oxygen atoms in total. The Kier molecular flexibility index (Phi) is 7.12. The van der Waals surface area contributed by atoms with Crippen LogP contribution in [0.4, 0.5) is 45.3 Å². The van der Waals surface area contributed by atoms with Crippen LogP contribution in [0, 0.1) is 17.6 Å². The smallest absolute Gasteiger partial charge is 0.310 e. The largest absolute Gasteiger partial charge is 0.394 e. The molecule has 2 atom stereocenters. The van der Waals surface area contributed by atoms with Crippen molar-refractivity contribution in [1.29, 1.82) is 0 Å². The number of alkyl halides is 2. The minimum atomic E-state index is -10.1. The Morgan fingerprint density at radius 3 is 2.23 bits per heavy atom. The van der Waals surface area contributed by atoms with Crippen LogP contribution in [0.5, 0.6) is 0 Å². The topological polar surface area (TPSA) is 84.2 Å². The zero-order valence-corrected chi connectivity index (χ0v) is 23.9. The van der Waals surface area contributed by atoms with Gasteiger partial charge in [0.25, 0.3) is 5.91 Å². The van der Waals surface area contributed by atoms with Crippen molar-refractivity contribution in [3.8, 4) is 0 Å². The first kappa shape index (κ1) is 30.6. The number of carbonyl (C=O) groups is 2. The Hall–Kier alpha value is -2.39. The van der Waals surface area contributed by atoms with Crippen LogP contribution < -0.4 is 16.4 Å². The summed E-state index contributed by atoms with van der Waals surface area (Å²) in [5.41, 5.74) is 3.33. The number of nitrogens with one attached hydrogen (secondary N) is 2. The molecule has 0 heterocycles. The quantitative estimate of drug-likeness (QED) is 0.135. The molecule has 4 N–H and O–H groups in total. The molecule has 3 aromatic rings. The third-order valence-electron chi connectivity index (χ3n) is 5.89. The van der Waals surface area contributed by atoms with Gasteiger partial charge in [0.05, 0.1) is 22.2 Å². The fourth-order valence-corrected chi connectivity index (χ4v) is 6.31. The number of carbonyl (C=O) groups excluding carboxylic acids is 2. The molecule has 0 radical (unpaired) electrons. The number of hydrogen-bond acceptors (Lipinski definition) is 3. The highest BCUT2D eigenvalue weighted by molar-refractivity contribution is 9.10. The van der Waals surface area contributed by atoms with E-state index in [1.54, 1.807) is 0 Å². The van der Waals surface area contributed by atoms with Gasteiger partial charge in [-0.25, -0.2) is 8.78 Å². The molecule has 0 bridgehead atoms. The molecule has 1 saturated carbocycles. The third kappa shape index (κ3) is 6.10. The minimum Gasteiger partial charge on any atom is -0.394 e. The molecule has 1 aliphatic rings. The maximum absolute atomic E-state index is 14.2. The average Bonchev–Trinajstić information content (AvgIpc) is 3.40. The fraction of sp³-hybridized carbons (Fsp3) is 0.130. The average molecular weight is 716 g/mol. The molecular formula is C23H14BrCl3F7N3O2S. The van der Waals surface area contributed by atoms with Crippen LogP contribution in [0.1, 0.15) is 21.8 Å². The van der Waals surface area contributed by atoms with E-state index in [1.165, 1.54) is 12.1 Å². The molecular weight excluding hydrogens is 702 g/mol. The van der Waals surface area contributed by atoms with Crippen molar-refractivity contribution in [3.05, 3.63) is 80.8 Å². The fourth-order valence-electron chi connectivity index (χ4n) is 3.91. The number of nitrogens with two attached hydrogens (primary N) is 1. The lowest BCUT2D eigenvalue weighted by atomic mass is 10.1. The number of benzene rings is 3. The summed E-state index contributed by atoms with van der Waals surface area (Å²) in [6.45, 7) is 0. The van der Waals surface area contributed by atoms with Gasteiger partial charge in [-0.1, -0.05) is 47.0 Å². The summed E-state index contributed by atoms with van der Waals surface area (Å²) in [6, 6.07) is 6.79. The number of halogens is 11. The van der Waals surface area contributed by atoms with Crippen LogP contribution >= 0.6 is 61.0 Å². The maximum Gasteiger partial charge on any atom is 0.310 e. The van der Waals surface area contributed by atoms with Crippen LogP contribution in [-0.2, 0) is 4.79 Å². The van der Waals surface area contributed by atoms with E-state index >= 15 is 0 Å². The first-order valence-corrected chi connectivity index (χ1v) is 14.6. The Balaban J connectivity index is 1.57. The van der Waals surface area contributed by atoms with Crippen molar-refractivity contribution in [2.24, 2.45) is 5.92 Å². The lowest BCUT2D eigenvalue weighted by Gasteiger charge is -2.40. The molecule has 0 saturated heterocycles. The zero-order chi connectivity index (χ0) is 30.1. The highest BCUT2D eigenvalue weighted by atomic mass is 79.9. The van der Waals surface area contributed by atoms with E-state index in [4.69, 9.17) is 40.5 Å². The molecule has 40 heavy (non-hydrogen) atoms. The maximum atomic E-state index is 14.2. The first-order valence-electron chi connectivity index (χ1n) is 10.7. The van der Waals surface area contributed by atoms with Gasteiger partial charge in [-0.3, -0.25) is 9.59 Å². The Labute approximate surface area is 245 Å². The third-order valence-corrected chi connectivity index (χ3v) is 8.74. The lowest BCUT2D eigenvalue weighted by molar-refractivity contribution is -0.117. The van der Waals surface area contributed by atoms with Crippen LogP contribution in [-0.4, -0.2) is 16.1 Å². The van der Waals surface area contributed by atoms with Crippen LogP contribution in [0.2, 0.25) is 5.02 Å². The summed E-state index contributed by atoms with van der Waals surface area (Å²) in [5.74, 6) is -6.81. The number of amides is 2. The predicted octanol–water partition coefficient (Wildman–Crippen LogP) is 9.40. The Morgan fingerprint density at radius 1 is 0.950 bits per heavy atom. The molecule has 0 unspecified atom stereocenters. The van der Waals surface area contributed by atoms with Crippen molar-refractivity contribution in [3.63, 3.8) is 0 Å². The summed E-state index contributed by atoms with van der Waals surface area (Å²) < 4.78 is 92.3. The molecule has 0 spiro atoms. The summed E-state index contributed by atoms with van der Waals surface area (Å²) >= 11 is 21.1. The molecule has 0 aliphatic heterocycles. The second-order valence-corrected chi connectivity index (χ2v) is 14.0. The number of anilines is 3. The molecule has 1 aliphatic carbocycles. The van der Waals surface area contributed by atoms with E-state index in [0.29, 0.717) is 0 Å². The zero-order valence-electron chi connectivity index (χ0n) is 19.2. The van der Waals surface area contributed by atoms with Crippen LogP contribution in [0.15, 0.2) is 57.9 Å². The SMILES string of the molecule is Nc1c(F)ccc(NC(=O)c2cc(NC(=O)[C@H]3[C@@H](c4cc(Br)cc(S(F)(F)(F)(F)F)c4)C3(Cl)Cl)ccc2Cl)c1F. The molecule has 2 amide bonds. The van der Waals surface area contributed by atoms with E-state index in [1.807, 2.05) is 0 Å². The van der Waals surface area contributed by atoms with Crippen molar-refractivity contribution < 1.29 is 37.8 Å². The van der Waals surface area contributed by atoms with Gasteiger partial charge in [0.15, 0.2) is 5.82 Å². The van der Waals surface area contributed by atoms with Crippen LogP contribution in [0.25, 0.3) is 0 Å². The molecule has 0 aromatic heterocycles. The van der Waals surface area contributed by atoms with Crippen molar-refractivity contribution in [2.75, 3.05) is 16.4 Å². The lowest BCUT2D eigenvalue weighted by Crippen LogP contribution is -2.18. The Morgan fingerprint density at radius 2 is 1.60 bits per heavy atom. The van der Waals surface area contributed by atoms with Crippen molar-refractivity contribution in [2.45, 2.75) is 15.1 Å². The van der Waals surface area contributed by atoms with Gasteiger partial charge in [0, 0.05) is 16.1 Å². The Bertz CT molecular complexity index is 1590. The van der Waals surface area contributed by atoms with Crippen molar-refractivity contribution >= 4 is 89.8 Å². The van der Waals surface area contributed by atoms with Crippen LogP contribution in [0.3, 0.4) is 0 Å². The molecule has 216 valence electrons. The molecule has 17 heteroatoms. The standard InChI is InChI=1S/C23H14BrCl3F7N3O2S/c24-10-5-9(6-12(7-10)40(30,31,32,33)34)17-18(23(17,26)27)22(39)36-11-1-2-14(25)13(8-11)21(38)37-16-4-3-15(28)20(35)19(16)29/h1-8,17-18H,35H2,(H,36,39)(H,37,38)/t17-,18-/m1/s1. The molecule has 1 fully saturated rings. The number of nitrogen functional groups attached to an aromatic ring is 1. The molecule has 3 aromatic carbocycles. The summed E-state index contributed by atoms with van der Waals surface area (Å²) in [4.78, 5) is 23.5. The predicted molar refractivity (Wildman–Crippen MR) is 145 cm³/mol. The van der Waals surface area contributed by atoms with Crippen molar-refractivity contribution in [1.82, 2.24) is 0 Å². The molecule has 4 rings (SSSR count). The number of hydrogen-bond donors (Lipinski definition) is 3. The highest BCUT2D eigenvalue weighted by Crippen LogP contribution is 3.02. The van der Waals surface area contributed by atoms with Gasteiger partial charge in [-0.2, -0.15) is 0 Å². The van der Waals surface area contributed by atoms with E-state index in [0.717, 1.165) is 24.3 Å². The second-order valence-electron chi connectivity index (χ2n) is 8.78. The van der Waals surface area contributed by atoms with Gasteiger partial charge in [-0.15, -0.1) is 23.2 Å². The minimum absolute atomic E-state index is 0.0460.